The van der Waals surface area contributed by atoms with Crippen LogP contribution >= 0.6 is 0 Å². The third-order valence-electron chi connectivity index (χ3n) is 6.97. The Kier molecular flexibility index (Phi) is 29.9. The van der Waals surface area contributed by atoms with Crippen LogP contribution in [0.15, 0.2) is 99.1 Å². The maximum absolute atomic E-state index is 4.08. The minimum atomic E-state index is 0. The predicted molar refractivity (Wildman–Crippen MR) is 208 cm³/mol. The SMILES string of the molecule is Cn1cc(-c2cnn(C)c2)cn1.Cn1cc(-c2cnn(C)c2)cn1.Cn1cc(-c2cnn(C)c2)cn1.Cn1cc(-c2cnn(C)c2)cn1.O.O.[Cl-].[Cl-].[Co+2].[OH3+].[OH3+].[OH3+].[OH3+]. The number of halogens is 2. The molecule has 319 valence electrons. The molecule has 0 fully saturated rings. The van der Waals surface area contributed by atoms with Crippen LogP contribution < -0.4 is 24.8 Å². The molecular weight excluding hydrogens is 834 g/mol. The third kappa shape index (κ3) is 17.5. The number of hydrogen-bond donors (Lipinski definition) is 0. The van der Waals surface area contributed by atoms with Crippen LogP contribution in [0.1, 0.15) is 0 Å². The zero-order chi connectivity index (χ0) is 34.2. The van der Waals surface area contributed by atoms with Crippen molar-refractivity contribution in [3.8, 4) is 44.5 Å². The van der Waals surface area contributed by atoms with E-state index >= 15 is 0 Å². The molecule has 0 aliphatic heterocycles. The van der Waals surface area contributed by atoms with E-state index in [1.165, 1.54) is 0 Å². The Morgan fingerprint density at radius 3 is 0.404 bits per heavy atom. The zero-order valence-corrected chi connectivity index (χ0v) is 35.3. The quantitative estimate of drug-likeness (QED) is 0.152. The molecule has 57 heavy (non-hydrogen) atoms. The largest absolute Gasteiger partial charge is 2.00 e. The van der Waals surface area contributed by atoms with Crippen molar-refractivity contribution >= 4 is 0 Å². The smallest absolute Gasteiger partial charge is 1.00 e. The standard InChI is InChI=1S/4C8H10N4.2ClH.Co.6H2O/c4*1-11-5-7(3-9-11)8-4-10-12(2)6-8;;;;;;;;;/h4*3-6H,1-2H3;2*1H;;6*1H2/q;;;;;;+2;;;;;;/p+2. The minimum absolute atomic E-state index is 0. The molecule has 0 aliphatic rings. The summed E-state index contributed by atoms with van der Waals surface area (Å²) in [6.45, 7) is 0. The molecule has 25 heteroatoms. The summed E-state index contributed by atoms with van der Waals surface area (Å²) >= 11 is 0. The molecule has 8 rings (SSSR count). The van der Waals surface area contributed by atoms with E-state index in [9.17, 15) is 0 Å². The molecule has 0 aromatic carbocycles. The predicted octanol–water partition coefficient (Wildman–Crippen LogP) is -8.05. The van der Waals surface area contributed by atoms with Gasteiger partial charge in [0.1, 0.15) is 0 Å². The summed E-state index contributed by atoms with van der Waals surface area (Å²) in [4.78, 5) is 0. The molecule has 0 atom stereocenters. The van der Waals surface area contributed by atoms with Crippen LogP contribution in [0.25, 0.3) is 44.5 Å². The average molecular weight is 891 g/mol. The Bertz CT molecular complexity index is 1740. The Labute approximate surface area is 351 Å². The van der Waals surface area contributed by atoms with E-state index < -0.39 is 0 Å². The second-order valence-corrected chi connectivity index (χ2v) is 11.2. The van der Waals surface area contributed by atoms with Crippen LogP contribution in [-0.2, 0) is 95.1 Å². The van der Waals surface area contributed by atoms with Crippen molar-refractivity contribution in [1.82, 2.24) is 78.2 Å². The van der Waals surface area contributed by atoms with E-state index in [0.29, 0.717) is 0 Å². The minimum Gasteiger partial charge on any atom is -1.00 e. The van der Waals surface area contributed by atoms with Crippen molar-refractivity contribution < 1.29 is 74.5 Å². The van der Waals surface area contributed by atoms with Gasteiger partial charge in [-0.15, -0.1) is 0 Å². The fraction of sp³-hybridized carbons (Fsp3) is 0.250. The molecule has 8 aromatic heterocycles. The summed E-state index contributed by atoms with van der Waals surface area (Å²) in [5.41, 5.74) is 8.82. The molecule has 16 N–H and O–H groups in total. The first-order valence-electron chi connectivity index (χ1n) is 14.9. The first-order chi connectivity index (χ1) is 23.0. The summed E-state index contributed by atoms with van der Waals surface area (Å²) in [6.07, 6.45) is 30.4. The first-order valence-corrected chi connectivity index (χ1v) is 14.9. The molecule has 0 saturated heterocycles. The fourth-order valence-electron chi connectivity index (χ4n) is 4.56. The van der Waals surface area contributed by atoms with E-state index in [1.54, 1.807) is 37.5 Å². The molecule has 1 radical (unpaired) electrons. The van der Waals surface area contributed by atoms with Gasteiger partial charge in [-0.1, -0.05) is 0 Å². The van der Waals surface area contributed by atoms with E-state index in [0.717, 1.165) is 44.5 Å². The molecule has 8 heterocycles. The Balaban J connectivity index is -0.000000200. The topological polar surface area (TPSA) is 338 Å². The number of nitrogens with zero attached hydrogens (tertiary/aromatic N) is 16. The zero-order valence-electron chi connectivity index (χ0n) is 32.8. The van der Waals surface area contributed by atoms with Gasteiger partial charge in [0.2, 0.25) is 0 Å². The molecule has 0 spiro atoms. The maximum Gasteiger partial charge on any atom is 2.00 e. The van der Waals surface area contributed by atoms with Gasteiger partial charge < -0.3 is 57.7 Å². The van der Waals surface area contributed by atoms with Gasteiger partial charge in [-0.2, -0.15) is 40.8 Å². The number of rotatable bonds is 4. The van der Waals surface area contributed by atoms with Gasteiger partial charge in [-0.3, -0.25) is 37.5 Å². The summed E-state index contributed by atoms with van der Waals surface area (Å²) in [6, 6.07) is 0. The Hall–Kier alpha value is -5.47. The van der Waals surface area contributed by atoms with Crippen LogP contribution in [-0.4, -0.2) is 89.2 Å². The number of aromatic nitrogens is 16. The number of hydrogen-bond acceptors (Lipinski definition) is 8. The van der Waals surface area contributed by atoms with Crippen molar-refractivity contribution in [2.75, 3.05) is 0 Å². The molecule has 0 saturated carbocycles. The van der Waals surface area contributed by atoms with Gasteiger partial charge in [-0.25, -0.2) is 0 Å². The van der Waals surface area contributed by atoms with E-state index in [-0.39, 0.29) is 74.5 Å². The summed E-state index contributed by atoms with van der Waals surface area (Å²) in [5.74, 6) is 0. The van der Waals surface area contributed by atoms with Gasteiger partial charge in [0.05, 0.1) is 49.6 Å². The van der Waals surface area contributed by atoms with Crippen molar-refractivity contribution in [2.24, 2.45) is 56.4 Å². The number of aryl methyl sites for hydroxylation is 8. The van der Waals surface area contributed by atoms with E-state index in [4.69, 9.17) is 0 Å². The second-order valence-electron chi connectivity index (χ2n) is 11.2. The molecule has 0 bridgehead atoms. The fourth-order valence-corrected chi connectivity index (χ4v) is 4.56. The monoisotopic (exact) mass is 889 g/mol. The molecule has 22 nitrogen and oxygen atoms in total. The summed E-state index contributed by atoms with van der Waals surface area (Å²) < 4.78 is 14.2. The van der Waals surface area contributed by atoms with Crippen molar-refractivity contribution in [3.63, 3.8) is 0 Å². The van der Waals surface area contributed by atoms with Crippen molar-refractivity contribution in [1.29, 1.82) is 0 Å². The second kappa shape index (κ2) is 28.0. The van der Waals surface area contributed by atoms with Crippen LogP contribution in [0.4, 0.5) is 0 Å². The summed E-state index contributed by atoms with van der Waals surface area (Å²) in [5, 5.41) is 32.7. The van der Waals surface area contributed by atoms with Gasteiger partial charge >= 0.3 is 16.8 Å². The third-order valence-corrected chi connectivity index (χ3v) is 6.97. The van der Waals surface area contributed by atoms with Gasteiger partial charge in [0.25, 0.3) is 0 Å². The van der Waals surface area contributed by atoms with Crippen LogP contribution in [0, 0.1) is 0 Å². The van der Waals surface area contributed by atoms with Crippen LogP contribution in [0.5, 0.6) is 0 Å². The molecular formula is C32H56Cl2CoN16O6+4. The normalized spacial score (nSPS) is 8.84. The van der Waals surface area contributed by atoms with Gasteiger partial charge in [0.15, 0.2) is 0 Å². The Morgan fingerprint density at radius 2 is 0.351 bits per heavy atom. The molecule has 8 aromatic rings. The van der Waals surface area contributed by atoms with Crippen molar-refractivity contribution in [2.45, 2.75) is 0 Å². The van der Waals surface area contributed by atoms with Crippen LogP contribution in [0.2, 0.25) is 0 Å². The van der Waals surface area contributed by atoms with Crippen molar-refractivity contribution in [3.05, 3.63) is 99.1 Å². The average Bonchev–Trinajstić information content (AvgIpc) is 3.86. The molecule has 0 unspecified atom stereocenters. The molecule has 0 amide bonds. The summed E-state index contributed by atoms with van der Waals surface area (Å²) in [7, 11) is 15.2. The Morgan fingerprint density at radius 1 is 0.263 bits per heavy atom. The first kappa shape index (κ1) is 60.8. The molecule has 0 aliphatic carbocycles. The van der Waals surface area contributed by atoms with Crippen LogP contribution in [0.3, 0.4) is 0 Å². The van der Waals surface area contributed by atoms with E-state index in [1.807, 2.05) is 156 Å². The van der Waals surface area contributed by atoms with Gasteiger partial charge in [-0.05, 0) is 0 Å². The van der Waals surface area contributed by atoms with Gasteiger partial charge in [0, 0.05) is 150 Å². The van der Waals surface area contributed by atoms with E-state index in [2.05, 4.69) is 40.8 Å². The maximum atomic E-state index is 4.08.